The molecule has 1 fully saturated rings. The largest absolute Gasteiger partial charge is 0.295 e. The molecule has 1 heterocycles. The first-order valence-corrected chi connectivity index (χ1v) is 5.02. The lowest BCUT2D eigenvalue weighted by molar-refractivity contribution is 0.233. The topological polar surface area (TPSA) is 3.24 Å². The predicted molar refractivity (Wildman–Crippen MR) is 54.3 cm³/mol. The van der Waals surface area contributed by atoms with Crippen molar-refractivity contribution in [3.05, 3.63) is 11.6 Å². The Morgan fingerprint density at radius 3 is 2.58 bits per heavy atom. The lowest BCUT2D eigenvalue weighted by Crippen LogP contribution is -2.34. The molecule has 0 amide bonds. The first-order chi connectivity index (χ1) is 5.61. The Balaban J connectivity index is 2.58. The molecular formula is C11H21N. The van der Waals surface area contributed by atoms with Crippen molar-refractivity contribution in [2.24, 2.45) is 0 Å². The average molecular weight is 167 g/mol. The van der Waals surface area contributed by atoms with E-state index in [0.29, 0.717) is 6.04 Å². The van der Waals surface area contributed by atoms with E-state index in [1.807, 2.05) is 0 Å². The van der Waals surface area contributed by atoms with Crippen LogP contribution in [0.15, 0.2) is 11.6 Å². The van der Waals surface area contributed by atoms with Gasteiger partial charge < -0.3 is 0 Å². The van der Waals surface area contributed by atoms with Gasteiger partial charge in [0.15, 0.2) is 0 Å². The minimum atomic E-state index is 0.702. The highest BCUT2D eigenvalue weighted by atomic mass is 15.2. The van der Waals surface area contributed by atoms with Gasteiger partial charge in [-0.3, -0.25) is 4.90 Å². The van der Waals surface area contributed by atoms with E-state index in [-0.39, 0.29) is 0 Å². The SMILES string of the molecule is CC(C)=CC1CCCN1C(C)C. The van der Waals surface area contributed by atoms with E-state index in [1.54, 1.807) is 0 Å². The number of nitrogens with zero attached hydrogens (tertiary/aromatic N) is 1. The lowest BCUT2D eigenvalue weighted by Gasteiger charge is -2.26. The highest BCUT2D eigenvalue weighted by Crippen LogP contribution is 2.21. The summed E-state index contributed by atoms with van der Waals surface area (Å²) in [6, 6.07) is 1.42. The quantitative estimate of drug-likeness (QED) is 0.572. The van der Waals surface area contributed by atoms with Gasteiger partial charge in [0, 0.05) is 12.1 Å². The second-order valence-corrected chi connectivity index (χ2v) is 4.29. The van der Waals surface area contributed by atoms with E-state index in [2.05, 4.69) is 38.7 Å². The van der Waals surface area contributed by atoms with Gasteiger partial charge in [-0.15, -0.1) is 0 Å². The molecule has 1 saturated heterocycles. The zero-order valence-corrected chi connectivity index (χ0v) is 8.80. The number of allylic oxidation sites excluding steroid dienone is 1. The van der Waals surface area contributed by atoms with E-state index in [0.717, 1.165) is 6.04 Å². The summed E-state index contributed by atoms with van der Waals surface area (Å²) in [6.45, 7) is 10.2. The van der Waals surface area contributed by atoms with Crippen molar-refractivity contribution in [3.63, 3.8) is 0 Å². The van der Waals surface area contributed by atoms with Gasteiger partial charge in [-0.1, -0.05) is 11.6 Å². The molecule has 0 N–H and O–H groups in total. The standard InChI is InChI=1S/C11H21N/c1-9(2)8-11-6-5-7-12(11)10(3)4/h8,10-11H,5-7H2,1-4H3. The van der Waals surface area contributed by atoms with Crippen molar-refractivity contribution in [3.8, 4) is 0 Å². The van der Waals surface area contributed by atoms with Crippen molar-refractivity contribution >= 4 is 0 Å². The summed E-state index contributed by atoms with van der Waals surface area (Å²) < 4.78 is 0. The highest BCUT2D eigenvalue weighted by molar-refractivity contribution is 5.04. The number of likely N-dealkylation sites (tertiary alicyclic amines) is 1. The first kappa shape index (κ1) is 9.79. The summed E-state index contributed by atoms with van der Waals surface area (Å²) in [6.07, 6.45) is 5.13. The molecule has 1 aliphatic rings. The van der Waals surface area contributed by atoms with Crippen LogP contribution >= 0.6 is 0 Å². The molecule has 0 aromatic heterocycles. The maximum atomic E-state index is 2.59. The summed E-state index contributed by atoms with van der Waals surface area (Å²) >= 11 is 0. The normalized spacial score (nSPS) is 24.9. The monoisotopic (exact) mass is 167 g/mol. The van der Waals surface area contributed by atoms with Crippen LogP contribution in [-0.2, 0) is 0 Å². The zero-order chi connectivity index (χ0) is 9.14. The second-order valence-electron chi connectivity index (χ2n) is 4.29. The average Bonchev–Trinajstić information content (AvgIpc) is 2.33. The molecule has 0 saturated carbocycles. The highest BCUT2D eigenvalue weighted by Gasteiger charge is 2.23. The number of rotatable bonds is 2. The molecular weight excluding hydrogens is 146 g/mol. The van der Waals surface area contributed by atoms with Crippen LogP contribution < -0.4 is 0 Å². The third-order valence-electron chi connectivity index (χ3n) is 2.53. The molecule has 1 heteroatoms. The van der Waals surface area contributed by atoms with Crippen molar-refractivity contribution in [2.45, 2.75) is 52.6 Å². The minimum absolute atomic E-state index is 0.702. The summed E-state index contributed by atoms with van der Waals surface area (Å²) in [7, 11) is 0. The van der Waals surface area contributed by atoms with E-state index < -0.39 is 0 Å². The van der Waals surface area contributed by atoms with Crippen molar-refractivity contribution in [2.75, 3.05) is 6.54 Å². The molecule has 70 valence electrons. The van der Waals surface area contributed by atoms with Gasteiger partial charge in [0.2, 0.25) is 0 Å². The smallest absolute Gasteiger partial charge is 0.0283 e. The third-order valence-corrected chi connectivity index (χ3v) is 2.53. The Bertz CT molecular complexity index is 166. The fraction of sp³-hybridized carbons (Fsp3) is 0.818. The van der Waals surface area contributed by atoms with Gasteiger partial charge in [0.1, 0.15) is 0 Å². The number of hydrogen-bond acceptors (Lipinski definition) is 1. The fourth-order valence-corrected chi connectivity index (χ4v) is 2.02. The molecule has 1 nitrogen and oxygen atoms in total. The summed E-state index contributed by atoms with van der Waals surface area (Å²) in [5.41, 5.74) is 1.45. The van der Waals surface area contributed by atoms with Crippen LogP contribution in [0.2, 0.25) is 0 Å². The molecule has 0 aromatic rings. The summed E-state index contributed by atoms with van der Waals surface area (Å²) in [5.74, 6) is 0. The van der Waals surface area contributed by atoms with Crippen LogP contribution in [0.4, 0.5) is 0 Å². The Hall–Kier alpha value is -0.300. The van der Waals surface area contributed by atoms with E-state index in [4.69, 9.17) is 0 Å². The molecule has 1 unspecified atom stereocenters. The Kier molecular flexibility index (Phi) is 3.33. The van der Waals surface area contributed by atoms with Crippen LogP contribution in [0.25, 0.3) is 0 Å². The lowest BCUT2D eigenvalue weighted by atomic mass is 10.1. The van der Waals surface area contributed by atoms with Crippen LogP contribution in [0.5, 0.6) is 0 Å². The minimum Gasteiger partial charge on any atom is -0.295 e. The van der Waals surface area contributed by atoms with Crippen LogP contribution in [0, 0.1) is 0 Å². The van der Waals surface area contributed by atoms with Crippen LogP contribution in [0.1, 0.15) is 40.5 Å². The van der Waals surface area contributed by atoms with Gasteiger partial charge in [-0.05, 0) is 47.1 Å². The molecule has 1 rings (SSSR count). The van der Waals surface area contributed by atoms with Gasteiger partial charge in [0.25, 0.3) is 0 Å². The predicted octanol–water partition coefficient (Wildman–Crippen LogP) is 2.83. The fourth-order valence-electron chi connectivity index (χ4n) is 2.02. The summed E-state index contributed by atoms with van der Waals surface area (Å²) in [5, 5.41) is 0. The molecule has 0 aliphatic carbocycles. The van der Waals surface area contributed by atoms with Crippen LogP contribution in [0.3, 0.4) is 0 Å². The van der Waals surface area contributed by atoms with Gasteiger partial charge in [0.05, 0.1) is 0 Å². The maximum Gasteiger partial charge on any atom is 0.0283 e. The van der Waals surface area contributed by atoms with E-state index in [1.165, 1.54) is 25.0 Å². The van der Waals surface area contributed by atoms with E-state index >= 15 is 0 Å². The van der Waals surface area contributed by atoms with Crippen molar-refractivity contribution in [1.29, 1.82) is 0 Å². The second kappa shape index (κ2) is 4.08. The van der Waals surface area contributed by atoms with Gasteiger partial charge in [-0.2, -0.15) is 0 Å². The first-order valence-electron chi connectivity index (χ1n) is 5.02. The van der Waals surface area contributed by atoms with Crippen LogP contribution in [-0.4, -0.2) is 23.5 Å². The molecule has 0 spiro atoms. The molecule has 0 bridgehead atoms. The van der Waals surface area contributed by atoms with Crippen molar-refractivity contribution in [1.82, 2.24) is 4.90 Å². The third kappa shape index (κ3) is 2.34. The summed E-state index contributed by atoms with van der Waals surface area (Å²) in [4.78, 5) is 2.59. The molecule has 1 atom stereocenters. The number of hydrogen-bond donors (Lipinski definition) is 0. The van der Waals surface area contributed by atoms with Crippen molar-refractivity contribution < 1.29 is 0 Å². The molecule has 1 aliphatic heterocycles. The Morgan fingerprint density at radius 2 is 2.08 bits per heavy atom. The maximum absolute atomic E-state index is 2.59. The molecule has 12 heavy (non-hydrogen) atoms. The Labute approximate surface area is 76.5 Å². The van der Waals surface area contributed by atoms with E-state index in [9.17, 15) is 0 Å². The zero-order valence-electron chi connectivity index (χ0n) is 8.80. The van der Waals surface area contributed by atoms with Gasteiger partial charge in [-0.25, -0.2) is 0 Å². The van der Waals surface area contributed by atoms with Gasteiger partial charge >= 0.3 is 0 Å². The molecule has 0 aromatic carbocycles. The molecule has 0 radical (unpaired) electrons. The Morgan fingerprint density at radius 1 is 1.42 bits per heavy atom.